The van der Waals surface area contributed by atoms with Gasteiger partial charge < -0.3 is 5.32 Å². The Kier molecular flexibility index (Phi) is 5.07. The van der Waals surface area contributed by atoms with E-state index in [1.54, 1.807) is 0 Å². The fraction of sp³-hybridized carbons (Fsp3) is 0.471. The zero-order valence-corrected chi connectivity index (χ0v) is 15.8. The number of likely N-dealkylation sites (tertiary alicyclic amines) is 1. The number of imide groups is 1. The number of benzene rings is 1. The van der Waals surface area contributed by atoms with Crippen molar-refractivity contribution >= 4 is 44.8 Å². The van der Waals surface area contributed by atoms with Gasteiger partial charge in [-0.25, -0.2) is 8.42 Å². The molecule has 0 radical (unpaired) electrons. The number of nitrogens with one attached hydrogen (secondary N) is 1. The summed E-state index contributed by atoms with van der Waals surface area (Å²) in [6.45, 7) is -0.399. The molecule has 0 bridgehead atoms. The minimum atomic E-state index is -3.46. The van der Waals surface area contributed by atoms with Crippen molar-refractivity contribution in [3.8, 4) is 0 Å². The summed E-state index contributed by atoms with van der Waals surface area (Å²) >= 11 is 6.01. The van der Waals surface area contributed by atoms with Gasteiger partial charge in [-0.15, -0.1) is 0 Å². The van der Waals surface area contributed by atoms with E-state index in [4.69, 9.17) is 11.6 Å². The molecule has 9 heteroatoms. The number of carbonyl (C=O) groups excluding carboxylic acids is 3. The highest BCUT2D eigenvalue weighted by Crippen LogP contribution is 2.38. The largest absolute Gasteiger partial charge is 0.323 e. The number of hydrogen-bond donors (Lipinski definition) is 1. The number of hydrogen-bond acceptors (Lipinski definition) is 5. The quantitative estimate of drug-likeness (QED) is 0.780. The average Bonchev–Trinajstić information content (AvgIpc) is 2.81. The van der Waals surface area contributed by atoms with Crippen LogP contribution in [0.4, 0.5) is 5.69 Å². The Labute approximate surface area is 156 Å². The van der Waals surface area contributed by atoms with Crippen LogP contribution in [0.2, 0.25) is 5.02 Å². The van der Waals surface area contributed by atoms with Crippen molar-refractivity contribution < 1.29 is 22.8 Å². The van der Waals surface area contributed by atoms with E-state index in [0.29, 0.717) is 12.8 Å². The van der Waals surface area contributed by atoms with E-state index < -0.39 is 22.3 Å². The second-order valence-electron chi connectivity index (χ2n) is 6.72. The molecule has 0 spiro atoms. The SMILES string of the molecule is CS(=O)(=O)c1ccc(Cl)c(NC(=O)CN2C(=O)[C@@H]3CCCC[C@H]3C2=O)c1. The molecule has 1 saturated carbocycles. The lowest BCUT2D eigenvalue weighted by Gasteiger charge is -2.19. The van der Waals surface area contributed by atoms with Crippen molar-refractivity contribution in [1.29, 1.82) is 0 Å². The molecule has 26 heavy (non-hydrogen) atoms. The Morgan fingerprint density at radius 1 is 1.19 bits per heavy atom. The molecule has 3 amide bonds. The van der Waals surface area contributed by atoms with E-state index in [9.17, 15) is 22.8 Å². The fourth-order valence-corrected chi connectivity index (χ4v) is 4.36. The third-order valence-corrected chi connectivity index (χ3v) is 6.31. The summed E-state index contributed by atoms with van der Waals surface area (Å²) in [5.41, 5.74) is 0.121. The molecule has 2 fully saturated rings. The van der Waals surface area contributed by atoms with E-state index in [-0.39, 0.29) is 39.3 Å². The summed E-state index contributed by atoms with van der Waals surface area (Å²) in [5.74, 6) is -1.84. The van der Waals surface area contributed by atoms with Crippen LogP contribution in [0.3, 0.4) is 0 Å². The zero-order valence-electron chi connectivity index (χ0n) is 14.2. The first-order valence-corrected chi connectivity index (χ1v) is 10.6. The molecule has 1 saturated heterocycles. The summed E-state index contributed by atoms with van der Waals surface area (Å²) in [6, 6.07) is 3.96. The first-order valence-electron chi connectivity index (χ1n) is 8.33. The van der Waals surface area contributed by atoms with Crippen LogP contribution in [0.15, 0.2) is 23.1 Å². The number of anilines is 1. The second kappa shape index (κ2) is 7.00. The van der Waals surface area contributed by atoms with Crippen molar-refractivity contribution in [3.05, 3.63) is 23.2 Å². The standard InChI is InChI=1S/C17H19ClN2O5S/c1-26(24,25)10-6-7-13(18)14(8-10)19-15(21)9-20-16(22)11-4-2-3-5-12(11)17(20)23/h6-8,11-12H,2-5,9H2,1H3,(H,19,21)/t11-,12-/m1/s1. The molecule has 2 aliphatic rings. The highest BCUT2D eigenvalue weighted by Gasteiger charge is 2.48. The molecule has 1 aliphatic carbocycles. The maximum Gasteiger partial charge on any atom is 0.244 e. The van der Waals surface area contributed by atoms with Gasteiger partial charge in [-0.2, -0.15) is 0 Å². The summed E-state index contributed by atoms with van der Waals surface area (Å²) < 4.78 is 23.3. The van der Waals surface area contributed by atoms with Gasteiger partial charge in [-0.3, -0.25) is 19.3 Å². The van der Waals surface area contributed by atoms with Gasteiger partial charge in [0, 0.05) is 6.26 Å². The van der Waals surface area contributed by atoms with Crippen molar-refractivity contribution in [2.45, 2.75) is 30.6 Å². The van der Waals surface area contributed by atoms with E-state index >= 15 is 0 Å². The number of carbonyl (C=O) groups is 3. The summed E-state index contributed by atoms with van der Waals surface area (Å²) in [4.78, 5) is 38.1. The Morgan fingerprint density at radius 2 is 1.77 bits per heavy atom. The zero-order chi connectivity index (χ0) is 19.1. The normalized spacial score (nSPS) is 23.1. The second-order valence-corrected chi connectivity index (χ2v) is 9.14. The van der Waals surface area contributed by atoms with Gasteiger partial charge in [-0.05, 0) is 31.0 Å². The number of nitrogens with zero attached hydrogens (tertiary/aromatic N) is 1. The van der Waals surface area contributed by atoms with Gasteiger partial charge in [0.1, 0.15) is 6.54 Å². The lowest BCUT2D eigenvalue weighted by atomic mass is 9.81. The smallest absolute Gasteiger partial charge is 0.244 e. The summed E-state index contributed by atoms with van der Waals surface area (Å²) in [6.07, 6.45) is 4.22. The number of halogens is 1. The van der Waals surface area contributed by atoms with E-state index in [1.807, 2.05) is 0 Å². The summed E-state index contributed by atoms with van der Waals surface area (Å²) in [5, 5.41) is 2.66. The molecular formula is C17H19ClN2O5S. The lowest BCUT2D eigenvalue weighted by molar-refractivity contribution is -0.142. The minimum Gasteiger partial charge on any atom is -0.323 e. The molecule has 3 rings (SSSR count). The van der Waals surface area contributed by atoms with Crippen molar-refractivity contribution in [1.82, 2.24) is 4.90 Å². The highest BCUT2D eigenvalue weighted by molar-refractivity contribution is 7.90. The first-order chi connectivity index (χ1) is 12.2. The van der Waals surface area contributed by atoms with Crippen molar-refractivity contribution in [2.24, 2.45) is 11.8 Å². The van der Waals surface area contributed by atoms with Crippen LogP contribution in [0.1, 0.15) is 25.7 Å². The summed E-state index contributed by atoms with van der Waals surface area (Å²) in [7, 11) is -3.46. The first kappa shape index (κ1) is 18.8. The predicted octanol–water partition coefficient (Wildman–Crippen LogP) is 1.86. The third-order valence-electron chi connectivity index (χ3n) is 4.87. The fourth-order valence-electron chi connectivity index (χ4n) is 3.55. The number of sulfone groups is 1. The molecule has 0 aromatic heterocycles. The maximum absolute atomic E-state index is 12.4. The topological polar surface area (TPSA) is 101 Å². The minimum absolute atomic E-state index is 0.0107. The number of amides is 3. The molecule has 1 heterocycles. The lowest BCUT2D eigenvalue weighted by Crippen LogP contribution is -2.38. The van der Waals surface area contributed by atoms with Gasteiger partial charge in [0.05, 0.1) is 27.4 Å². The Bertz CT molecular complexity index is 859. The van der Waals surface area contributed by atoms with Gasteiger partial charge in [0.25, 0.3) is 0 Å². The van der Waals surface area contributed by atoms with Crippen LogP contribution in [0.5, 0.6) is 0 Å². The van der Waals surface area contributed by atoms with Crippen LogP contribution in [0.25, 0.3) is 0 Å². The maximum atomic E-state index is 12.4. The monoisotopic (exact) mass is 398 g/mol. The molecule has 1 N–H and O–H groups in total. The van der Waals surface area contributed by atoms with Crippen LogP contribution in [-0.2, 0) is 24.2 Å². The Morgan fingerprint density at radius 3 is 2.31 bits per heavy atom. The van der Waals surface area contributed by atoms with Crippen molar-refractivity contribution in [3.63, 3.8) is 0 Å². The number of rotatable bonds is 4. The third kappa shape index (κ3) is 3.61. The van der Waals surface area contributed by atoms with Crippen molar-refractivity contribution in [2.75, 3.05) is 18.1 Å². The van der Waals surface area contributed by atoms with Crippen LogP contribution in [-0.4, -0.2) is 43.8 Å². The molecule has 1 aliphatic heterocycles. The molecule has 0 unspecified atom stereocenters. The molecule has 1 aromatic carbocycles. The van der Waals surface area contributed by atoms with Crippen LogP contribution in [0, 0.1) is 11.8 Å². The molecule has 2 atom stereocenters. The molecule has 140 valence electrons. The van der Waals surface area contributed by atoms with Gasteiger partial charge in [0.15, 0.2) is 9.84 Å². The van der Waals surface area contributed by atoms with Crippen LogP contribution < -0.4 is 5.32 Å². The molecular weight excluding hydrogens is 380 g/mol. The highest BCUT2D eigenvalue weighted by atomic mass is 35.5. The number of fused-ring (bicyclic) bond motifs is 1. The van der Waals surface area contributed by atoms with E-state index in [0.717, 1.165) is 24.0 Å². The Hall–Kier alpha value is -1.93. The van der Waals surface area contributed by atoms with Gasteiger partial charge in [-0.1, -0.05) is 24.4 Å². The van der Waals surface area contributed by atoms with Gasteiger partial charge >= 0.3 is 0 Å². The van der Waals surface area contributed by atoms with E-state index in [1.165, 1.54) is 18.2 Å². The van der Waals surface area contributed by atoms with Crippen LogP contribution >= 0.6 is 11.6 Å². The van der Waals surface area contributed by atoms with E-state index in [2.05, 4.69) is 5.32 Å². The molecule has 1 aromatic rings. The predicted molar refractivity (Wildman–Crippen MR) is 95.4 cm³/mol. The average molecular weight is 399 g/mol. The molecule has 7 nitrogen and oxygen atoms in total. The Balaban J connectivity index is 1.73. The van der Waals surface area contributed by atoms with Gasteiger partial charge in [0.2, 0.25) is 17.7 Å².